The lowest BCUT2D eigenvalue weighted by atomic mass is 10.1. The molecule has 1 atom stereocenters. The molecule has 0 aliphatic rings. The fraction of sp³-hybridized carbons (Fsp3) is 0.235. The third-order valence-electron chi connectivity index (χ3n) is 3.23. The Balaban J connectivity index is 1.99. The Labute approximate surface area is 133 Å². The van der Waals surface area contributed by atoms with Gasteiger partial charge in [-0.3, -0.25) is 0 Å². The summed E-state index contributed by atoms with van der Waals surface area (Å²) in [5.41, 5.74) is 2.28. The molecule has 0 fully saturated rings. The van der Waals surface area contributed by atoms with Gasteiger partial charge in [-0.15, -0.1) is 0 Å². The summed E-state index contributed by atoms with van der Waals surface area (Å²) < 4.78 is 6.51. The summed E-state index contributed by atoms with van der Waals surface area (Å²) in [6.45, 7) is 2.89. The van der Waals surface area contributed by atoms with Gasteiger partial charge in [-0.1, -0.05) is 46.3 Å². The second kappa shape index (κ2) is 7.82. The summed E-state index contributed by atoms with van der Waals surface area (Å²) in [4.78, 5) is 0. The molecule has 0 spiro atoms. The van der Waals surface area contributed by atoms with Crippen LogP contribution in [-0.2, 0) is 6.54 Å². The molecule has 0 saturated heterocycles. The van der Waals surface area contributed by atoms with Crippen LogP contribution in [0.15, 0.2) is 53.0 Å². The van der Waals surface area contributed by atoms with Crippen LogP contribution in [0.1, 0.15) is 24.1 Å². The predicted molar refractivity (Wildman–Crippen MR) is 86.9 cm³/mol. The Morgan fingerprint density at radius 1 is 1.19 bits per heavy atom. The number of nitriles is 1. The van der Waals surface area contributed by atoms with E-state index in [1.54, 1.807) is 0 Å². The van der Waals surface area contributed by atoms with Gasteiger partial charge in [0.05, 0.1) is 0 Å². The first-order valence-corrected chi connectivity index (χ1v) is 7.56. The molecule has 2 aromatic rings. The van der Waals surface area contributed by atoms with Crippen LogP contribution in [0.5, 0.6) is 5.75 Å². The van der Waals surface area contributed by atoms with Crippen molar-refractivity contribution in [2.24, 2.45) is 0 Å². The van der Waals surface area contributed by atoms with Crippen molar-refractivity contribution in [3.63, 3.8) is 0 Å². The largest absolute Gasteiger partial charge is 0.478 e. The fourth-order valence-corrected chi connectivity index (χ4v) is 2.30. The molecule has 4 heteroatoms. The van der Waals surface area contributed by atoms with Crippen LogP contribution >= 0.6 is 15.9 Å². The maximum absolute atomic E-state index is 8.61. The van der Waals surface area contributed by atoms with E-state index in [1.807, 2.05) is 42.5 Å². The number of ether oxygens (including phenoxy) is 1. The van der Waals surface area contributed by atoms with Gasteiger partial charge in [-0.25, -0.2) is 0 Å². The van der Waals surface area contributed by atoms with E-state index < -0.39 is 0 Å². The van der Waals surface area contributed by atoms with Crippen molar-refractivity contribution in [1.82, 2.24) is 5.32 Å². The van der Waals surface area contributed by atoms with Gasteiger partial charge < -0.3 is 10.1 Å². The predicted octanol–water partition coefficient (Wildman–Crippen LogP) is 4.20. The van der Waals surface area contributed by atoms with Gasteiger partial charge in [0.2, 0.25) is 0 Å². The van der Waals surface area contributed by atoms with Crippen LogP contribution < -0.4 is 10.1 Å². The molecule has 3 nitrogen and oxygen atoms in total. The second-order valence-corrected chi connectivity index (χ2v) is 5.62. The zero-order valence-corrected chi connectivity index (χ0v) is 13.4. The maximum atomic E-state index is 8.61. The Hall–Kier alpha value is -1.83. The van der Waals surface area contributed by atoms with Crippen LogP contribution in [0.3, 0.4) is 0 Å². The summed E-state index contributed by atoms with van der Waals surface area (Å²) in [5.74, 6) is 0.759. The van der Waals surface area contributed by atoms with Crippen molar-refractivity contribution in [3.05, 3.63) is 64.1 Å². The van der Waals surface area contributed by atoms with Crippen molar-refractivity contribution in [3.8, 4) is 11.8 Å². The average Bonchev–Trinajstić information content (AvgIpc) is 2.52. The van der Waals surface area contributed by atoms with E-state index in [0.29, 0.717) is 6.54 Å². The first-order chi connectivity index (χ1) is 10.2. The monoisotopic (exact) mass is 344 g/mol. The number of halogens is 1. The molecule has 1 unspecified atom stereocenters. The van der Waals surface area contributed by atoms with Crippen LogP contribution in [-0.4, -0.2) is 6.61 Å². The van der Waals surface area contributed by atoms with Crippen molar-refractivity contribution >= 4 is 15.9 Å². The summed E-state index contributed by atoms with van der Waals surface area (Å²) in [6, 6.07) is 18.3. The zero-order chi connectivity index (χ0) is 15.1. The van der Waals surface area contributed by atoms with E-state index in [1.165, 1.54) is 5.56 Å². The van der Waals surface area contributed by atoms with Crippen LogP contribution in [0.25, 0.3) is 0 Å². The molecule has 0 aliphatic heterocycles. The highest BCUT2D eigenvalue weighted by molar-refractivity contribution is 9.10. The summed E-state index contributed by atoms with van der Waals surface area (Å²) in [5, 5.41) is 12.1. The van der Waals surface area contributed by atoms with Gasteiger partial charge in [0.15, 0.2) is 6.61 Å². The maximum Gasteiger partial charge on any atom is 0.174 e. The number of para-hydroxylation sites is 1. The zero-order valence-electron chi connectivity index (χ0n) is 11.8. The second-order valence-electron chi connectivity index (χ2n) is 4.71. The van der Waals surface area contributed by atoms with E-state index in [2.05, 4.69) is 40.3 Å². The normalized spacial score (nSPS) is 11.7. The van der Waals surface area contributed by atoms with E-state index in [9.17, 15) is 0 Å². The molecule has 0 aliphatic carbocycles. The number of nitrogens with one attached hydrogen (secondary N) is 1. The Morgan fingerprint density at radius 3 is 2.62 bits per heavy atom. The lowest BCUT2D eigenvalue weighted by molar-refractivity contribution is 0.361. The number of nitrogens with zero attached hydrogens (tertiary/aromatic N) is 1. The molecule has 21 heavy (non-hydrogen) atoms. The number of hydrogen-bond acceptors (Lipinski definition) is 3. The summed E-state index contributed by atoms with van der Waals surface area (Å²) in [7, 11) is 0. The first-order valence-electron chi connectivity index (χ1n) is 6.77. The van der Waals surface area contributed by atoms with Gasteiger partial charge in [0.25, 0.3) is 0 Å². The topological polar surface area (TPSA) is 45.0 Å². The molecular weight excluding hydrogens is 328 g/mol. The molecule has 0 aromatic heterocycles. The molecule has 2 aromatic carbocycles. The molecule has 0 saturated carbocycles. The molecule has 2 rings (SSSR count). The Morgan fingerprint density at radius 2 is 1.90 bits per heavy atom. The molecule has 1 N–H and O–H groups in total. The molecule has 0 bridgehead atoms. The minimum atomic E-state index is 0.0687. The van der Waals surface area contributed by atoms with Crippen LogP contribution in [0.4, 0.5) is 0 Å². The number of rotatable bonds is 6. The third kappa shape index (κ3) is 4.59. The van der Waals surface area contributed by atoms with E-state index >= 15 is 0 Å². The summed E-state index contributed by atoms with van der Waals surface area (Å²) in [6.07, 6.45) is 0. The Bertz CT molecular complexity index is 619. The van der Waals surface area contributed by atoms with Gasteiger partial charge in [-0.05, 0) is 30.7 Å². The minimum Gasteiger partial charge on any atom is -0.478 e. The highest BCUT2D eigenvalue weighted by atomic mass is 79.9. The van der Waals surface area contributed by atoms with Gasteiger partial charge in [0, 0.05) is 22.6 Å². The lowest BCUT2D eigenvalue weighted by Gasteiger charge is -2.16. The van der Waals surface area contributed by atoms with Crippen molar-refractivity contribution in [2.75, 3.05) is 6.61 Å². The molecule has 0 radical (unpaired) electrons. The highest BCUT2D eigenvalue weighted by Gasteiger charge is 2.07. The third-order valence-corrected chi connectivity index (χ3v) is 3.76. The number of hydrogen-bond donors (Lipinski definition) is 1. The van der Waals surface area contributed by atoms with Crippen LogP contribution in [0.2, 0.25) is 0 Å². The van der Waals surface area contributed by atoms with Gasteiger partial charge >= 0.3 is 0 Å². The van der Waals surface area contributed by atoms with E-state index in [0.717, 1.165) is 15.8 Å². The molecular formula is C17H17BrN2O. The van der Waals surface area contributed by atoms with Crippen molar-refractivity contribution < 1.29 is 4.74 Å². The standard InChI is InChI=1S/C17H17BrN2O/c1-13(14-6-8-16(18)9-7-14)20-12-15-4-2-3-5-17(15)21-11-10-19/h2-9,13,20H,11-12H2,1H3. The summed E-state index contributed by atoms with van der Waals surface area (Å²) >= 11 is 3.44. The average molecular weight is 345 g/mol. The minimum absolute atomic E-state index is 0.0687. The first kappa shape index (κ1) is 15.6. The quantitative estimate of drug-likeness (QED) is 0.853. The molecule has 0 heterocycles. The van der Waals surface area contributed by atoms with Crippen molar-refractivity contribution in [2.45, 2.75) is 19.5 Å². The number of benzene rings is 2. The SMILES string of the molecule is CC(NCc1ccccc1OCC#N)c1ccc(Br)cc1. The highest BCUT2D eigenvalue weighted by Crippen LogP contribution is 2.20. The Kier molecular flexibility index (Phi) is 5.79. The smallest absolute Gasteiger partial charge is 0.174 e. The van der Waals surface area contributed by atoms with E-state index in [4.69, 9.17) is 10.00 Å². The van der Waals surface area contributed by atoms with Crippen molar-refractivity contribution in [1.29, 1.82) is 5.26 Å². The van der Waals surface area contributed by atoms with Crippen LogP contribution in [0, 0.1) is 11.3 Å². The molecule has 108 valence electrons. The molecule has 0 amide bonds. The lowest BCUT2D eigenvalue weighted by Crippen LogP contribution is -2.18. The fourth-order valence-electron chi connectivity index (χ4n) is 2.03. The van der Waals surface area contributed by atoms with Gasteiger partial charge in [-0.2, -0.15) is 5.26 Å². The van der Waals surface area contributed by atoms with Gasteiger partial charge in [0.1, 0.15) is 11.8 Å². The van der Waals surface area contributed by atoms with E-state index in [-0.39, 0.29) is 12.6 Å².